The monoisotopic (exact) mass is 553 g/mol. The van der Waals surface area contributed by atoms with Crippen molar-refractivity contribution in [3.8, 4) is 6.07 Å². The van der Waals surface area contributed by atoms with Crippen LogP contribution in [0.3, 0.4) is 0 Å². The summed E-state index contributed by atoms with van der Waals surface area (Å²) in [7, 11) is 0. The van der Waals surface area contributed by atoms with Gasteiger partial charge in [0.2, 0.25) is 17.7 Å². The van der Waals surface area contributed by atoms with Crippen molar-refractivity contribution in [3.05, 3.63) is 34.5 Å². The fourth-order valence-electron chi connectivity index (χ4n) is 6.05. The number of alkyl halides is 2. The lowest BCUT2D eigenvalue weighted by molar-refractivity contribution is -0.129. The van der Waals surface area contributed by atoms with Crippen LogP contribution in [0.5, 0.6) is 0 Å². The van der Waals surface area contributed by atoms with Gasteiger partial charge in [0.25, 0.3) is 5.91 Å². The molecule has 5 atom stereocenters. The van der Waals surface area contributed by atoms with Gasteiger partial charge in [0, 0.05) is 37.2 Å². The van der Waals surface area contributed by atoms with Crippen LogP contribution in [0.2, 0.25) is 5.02 Å². The second-order valence-corrected chi connectivity index (χ2v) is 10.7. The van der Waals surface area contributed by atoms with Crippen LogP contribution in [0.25, 0.3) is 10.9 Å². The predicted molar refractivity (Wildman–Crippen MR) is 127 cm³/mol. The van der Waals surface area contributed by atoms with Crippen LogP contribution in [0.4, 0.5) is 17.6 Å². The minimum absolute atomic E-state index is 0.0420. The summed E-state index contributed by atoms with van der Waals surface area (Å²) in [5.74, 6) is -8.69. The highest BCUT2D eigenvalue weighted by Gasteiger charge is 2.58. The van der Waals surface area contributed by atoms with Crippen molar-refractivity contribution in [2.45, 2.75) is 50.1 Å². The Morgan fingerprint density at radius 2 is 2.05 bits per heavy atom. The number of nitriles is 1. The predicted octanol–water partition coefficient (Wildman–Crippen LogP) is 3.51. The average molecular weight is 554 g/mol. The number of hydrogen-bond donors (Lipinski definition) is 3. The molecular weight excluding hydrogens is 530 g/mol. The van der Waals surface area contributed by atoms with Gasteiger partial charge in [-0.1, -0.05) is 11.6 Å². The molecule has 1 aromatic carbocycles. The molecule has 13 heteroatoms. The van der Waals surface area contributed by atoms with Gasteiger partial charge < -0.3 is 20.5 Å². The van der Waals surface area contributed by atoms with Gasteiger partial charge in [0.1, 0.15) is 23.6 Å². The molecule has 0 radical (unpaired) electrons. The van der Waals surface area contributed by atoms with Gasteiger partial charge in [-0.3, -0.25) is 14.4 Å². The summed E-state index contributed by atoms with van der Waals surface area (Å²) in [6.07, 6.45) is 0.180. The first-order chi connectivity index (χ1) is 18.0. The molecule has 1 saturated carbocycles. The lowest BCUT2D eigenvalue weighted by Gasteiger charge is -2.29. The summed E-state index contributed by atoms with van der Waals surface area (Å²) >= 11 is 5.70. The zero-order valence-corrected chi connectivity index (χ0v) is 20.8. The quantitative estimate of drug-likeness (QED) is 0.388. The largest absolute Gasteiger partial charge is 0.356 e. The highest BCUT2D eigenvalue weighted by atomic mass is 35.5. The summed E-state index contributed by atoms with van der Waals surface area (Å²) in [6.45, 7) is 0.365. The van der Waals surface area contributed by atoms with Crippen molar-refractivity contribution in [2.24, 2.45) is 17.8 Å². The summed E-state index contributed by atoms with van der Waals surface area (Å²) in [4.78, 5) is 42.6. The zero-order chi connectivity index (χ0) is 27.4. The van der Waals surface area contributed by atoms with Crippen LogP contribution >= 0.6 is 11.6 Å². The molecule has 202 valence electrons. The fraction of sp³-hybridized carbons (Fsp3) is 0.520. The standard InChI is InChI=1S/C25H24ClF4N5O3/c26-16-6-17(27)14-5-18(34-20(14)19(16)28)24(38)35-10-12-7-25(29,30)8-15(12)21(35)23(37)33-13(9-31)4-11-2-1-3-32-22(11)36/h5-6,11-13,15,21,34H,1-4,7-8,10H2,(H,32,36)(H,33,37)/t11-,12+,13+,15+,21-/m0/s1. The normalized spacial score (nSPS) is 27.1. The second-order valence-electron chi connectivity index (χ2n) is 10.3. The molecule has 3 N–H and O–H groups in total. The molecule has 1 aliphatic carbocycles. The van der Waals surface area contributed by atoms with E-state index in [9.17, 15) is 37.2 Å². The van der Waals surface area contributed by atoms with E-state index >= 15 is 0 Å². The SMILES string of the molecule is N#C[C@@H](C[C@@H]1CCCNC1=O)NC(=O)[C@@H]1[C@@H]2CC(F)(F)C[C@@H]2CN1C(=O)c1cc2c(F)cc(Cl)c(F)c2[nH]1. The van der Waals surface area contributed by atoms with Crippen molar-refractivity contribution in [1.82, 2.24) is 20.5 Å². The second kappa shape index (κ2) is 9.76. The number of hydrogen-bond acceptors (Lipinski definition) is 4. The molecular formula is C25H24ClF4N5O3. The number of benzene rings is 1. The first-order valence-electron chi connectivity index (χ1n) is 12.3. The van der Waals surface area contributed by atoms with Gasteiger partial charge >= 0.3 is 0 Å². The summed E-state index contributed by atoms with van der Waals surface area (Å²) in [5, 5.41) is 14.2. The first-order valence-corrected chi connectivity index (χ1v) is 12.7. The summed E-state index contributed by atoms with van der Waals surface area (Å²) < 4.78 is 57.3. The molecule has 2 aromatic rings. The van der Waals surface area contributed by atoms with E-state index in [1.165, 1.54) is 0 Å². The van der Waals surface area contributed by atoms with Gasteiger partial charge in [-0.05, 0) is 43.2 Å². The number of rotatable bonds is 5. The lowest BCUT2D eigenvalue weighted by Crippen LogP contribution is -2.52. The third-order valence-corrected chi connectivity index (χ3v) is 8.06. The van der Waals surface area contributed by atoms with Crippen molar-refractivity contribution in [3.63, 3.8) is 0 Å². The number of halogens is 5. The number of aromatic amines is 1. The van der Waals surface area contributed by atoms with Crippen molar-refractivity contribution in [1.29, 1.82) is 5.26 Å². The number of nitrogens with zero attached hydrogens (tertiary/aromatic N) is 2. The molecule has 38 heavy (non-hydrogen) atoms. The van der Waals surface area contributed by atoms with Crippen LogP contribution in [0.15, 0.2) is 12.1 Å². The van der Waals surface area contributed by atoms with E-state index < -0.39 is 77.1 Å². The Bertz CT molecular complexity index is 1360. The fourth-order valence-corrected chi connectivity index (χ4v) is 6.24. The number of H-pyrrole nitrogens is 1. The Balaban J connectivity index is 1.41. The number of carbonyl (C=O) groups excluding carboxylic acids is 3. The number of fused-ring (bicyclic) bond motifs is 2. The molecule has 2 saturated heterocycles. The Morgan fingerprint density at radius 1 is 1.29 bits per heavy atom. The van der Waals surface area contributed by atoms with E-state index in [-0.39, 0.29) is 35.5 Å². The number of aromatic nitrogens is 1. The smallest absolute Gasteiger partial charge is 0.271 e. The molecule has 3 heterocycles. The van der Waals surface area contributed by atoms with E-state index in [2.05, 4.69) is 15.6 Å². The van der Waals surface area contributed by atoms with Gasteiger partial charge in [0.15, 0.2) is 5.82 Å². The molecule has 3 amide bonds. The third kappa shape index (κ3) is 4.68. The topological polar surface area (TPSA) is 118 Å². The number of carbonyl (C=O) groups is 3. The molecule has 5 rings (SSSR count). The minimum atomic E-state index is -3.01. The molecule has 8 nitrogen and oxygen atoms in total. The van der Waals surface area contributed by atoms with E-state index in [1.54, 1.807) is 0 Å². The Labute approximate surface area is 219 Å². The summed E-state index contributed by atoms with van der Waals surface area (Å²) in [5.41, 5.74) is -0.569. The van der Waals surface area contributed by atoms with Gasteiger partial charge in [-0.15, -0.1) is 0 Å². The Morgan fingerprint density at radius 3 is 2.76 bits per heavy atom. The van der Waals surface area contributed by atoms with Crippen molar-refractivity contribution >= 4 is 40.2 Å². The van der Waals surface area contributed by atoms with E-state index in [0.29, 0.717) is 13.0 Å². The maximum atomic E-state index is 14.5. The maximum Gasteiger partial charge on any atom is 0.271 e. The van der Waals surface area contributed by atoms with Gasteiger partial charge in [0.05, 0.1) is 16.6 Å². The van der Waals surface area contributed by atoms with Gasteiger partial charge in [-0.2, -0.15) is 5.26 Å². The Kier molecular flexibility index (Phi) is 6.75. The van der Waals surface area contributed by atoms with E-state index in [0.717, 1.165) is 23.5 Å². The number of nitrogens with one attached hydrogen (secondary N) is 3. The molecule has 1 aromatic heterocycles. The van der Waals surface area contributed by atoms with Gasteiger partial charge in [-0.25, -0.2) is 17.6 Å². The molecule has 3 aliphatic rings. The van der Waals surface area contributed by atoms with Crippen molar-refractivity contribution in [2.75, 3.05) is 13.1 Å². The molecule has 3 fully saturated rings. The highest BCUT2D eigenvalue weighted by Crippen LogP contribution is 2.50. The molecule has 0 bridgehead atoms. The molecule has 0 spiro atoms. The van der Waals surface area contributed by atoms with Crippen LogP contribution in [-0.4, -0.2) is 58.7 Å². The molecule has 0 unspecified atom stereocenters. The highest BCUT2D eigenvalue weighted by molar-refractivity contribution is 6.31. The van der Waals surface area contributed by atoms with Crippen LogP contribution in [0.1, 0.15) is 42.6 Å². The van der Waals surface area contributed by atoms with E-state index in [4.69, 9.17) is 11.6 Å². The number of piperidine rings is 1. The zero-order valence-electron chi connectivity index (χ0n) is 20.0. The number of likely N-dealkylation sites (tertiary alicyclic amines) is 1. The lowest BCUT2D eigenvalue weighted by atomic mass is 9.90. The van der Waals surface area contributed by atoms with Crippen LogP contribution < -0.4 is 10.6 Å². The molecule has 2 aliphatic heterocycles. The first kappa shape index (κ1) is 26.3. The Hall–Kier alpha value is -3.33. The number of amides is 3. The summed E-state index contributed by atoms with van der Waals surface area (Å²) in [6, 6.07) is 1.40. The average Bonchev–Trinajstić information content (AvgIpc) is 3.53. The van der Waals surface area contributed by atoms with Crippen LogP contribution in [0, 0.1) is 40.7 Å². The minimum Gasteiger partial charge on any atom is -0.356 e. The van der Waals surface area contributed by atoms with Crippen molar-refractivity contribution < 1.29 is 31.9 Å². The van der Waals surface area contributed by atoms with Crippen LogP contribution in [-0.2, 0) is 9.59 Å². The third-order valence-electron chi connectivity index (χ3n) is 7.78. The maximum absolute atomic E-state index is 14.5. The van der Waals surface area contributed by atoms with E-state index in [1.807, 2.05) is 6.07 Å².